The highest BCUT2D eigenvalue weighted by atomic mass is 35.5. The summed E-state index contributed by atoms with van der Waals surface area (Å²) < 4.78 is 27.5. The van der Waals surface area contributed by atoms with E-state index in [0.717, 1.165) is 16.2 Å². The number of fused-ring (bicyclic) bond motifs is 1. The minimum Gasteiger partial charge on any atom is -0.335 e. The summed E-state index contributed by atoms with van der Waals surface area (Å²) in [5, 5.41) is 4.24. The van der Waals surface area contributed by atoms with Gasteiger partial charge in [0.2, 0.25) is 5.91 Å². The van der Waals surface area contributed by atoms with Crippen molar-refractivity contribution in [2.75, 3.05) is 38.0 Å². The van der Waals surface area contributed by atoms with Gasteiger partial charge in [0.1, 0.15) is 16.5 Å². The van der Waals surface area contributed by atoms with Gasteiger partial charge in [0.05, 0.1) is 17.3 Å². The first-order valence-electron chi connectivity index (χ1n) is 9.46. The number of thiophene rings is 1. The Morgan fingerprint density at radius 3 is 2.48 bits per heavy atom. The van der Waals surface area contributed by atoms with Crippen molar-refractivity contribution in [3.63, 3.8) is 0 Å². The van der Waals surface area contributed by atoms with Crippen LogP contribution < -0.4 is 5.32 Å². The summed E-state index contributed by atoms with van der Waals surface area (Å²) in [6.45, 7) is 1.88. The highest BCUT2D eigenvalue weighted by molar-refractivity contribution is 7.21. The molecule has 2 aromatic carbocycles. The monoisotopic (exact) mass is 483 g/mol. The molecular formula is C21H17Cl2F2N3O2S. The number of hydrogen-bond donors (Lipinski definition) is 1. The second-order valence-electron chi connectivity index (χ2n) is 7.13. The van der Waals surface area contributed by atoms with Crippen LogP contribution >= 0.6 is 34.5 Å². The molecule has 5 nitrogen and oxygen atoms in total. The van der Waals surface area contributed by atoms with Gasteiger partial charge in [0.25, 0.3) is 5.91 Å². The second-order valence-corrected chi connectivity index (χ2v) is 8.99. The van der Waals surface area contributed by atoms with Crippen LogP contribution in [0.1, 0.15) is 9.67 Å². The average molecular weight is 484 g/mol. The Hall–Kier alpha value is -2.26. The van der Waals surface area contributed by atoms with E-state index in [4.69, 9.17) is 23.2 Å². The molecule has 1 fully saturated rings. The van der Waals surface area contributed by atoms with E-state index in [9.17, 15) is 18.4 Å². The zero-order valence-electron chi connectivity index (χ0n) is 16.1. The number of nitrogens with zero attached hydrogens (tertiary/aromatic N) is 2. The Morgan fingerprint density at radius 2 is 1.77 bits per heavy atom. The minimum atomic E-state index is -0.828. The van der Waals surface area contributed by atoms with Crippen LogP contribution in [-0.4, -0.2) is 54.3 Å². The third-order valence-corrected chi connectivity index (χ3v) is 6.90. The molecule has 10 heteroatoms. The molecule has 0 spiro atoms. The molecular weight excluding hydrogens is 467 g/mol. The van der Waals surface area contributed by atoms with E-state index in [1.54, 1.807) is 23.1 Å². The van der Waals surface area contributed by atoms with Gasteiger partial charge in [-0.25, -0.2) is 8.78 Å². The van der Waals surface area contributed by atoms with Crippen LogP contribution in [0.15, 0.2) is 36.4 Å². The molecule has 1 aliphatic rings. The Kier molecular flexibility index (Phi) is 6.43. The molecule has 0 saturated carbocycles. The molecule has 0 bridgehead atoms. The van der Waals surface area contributed by atoms with E-state index in [-0.39, 0.29) is 18.1 Å². The van der Waals surface area contributed by atoms with Gasteiger partial charge in [-0.05, 0) is 24.3 Å². The zero-order chi connectivity index (χ0) is 22.1. The van der Waals surface area contributed by atoms with Gasteiger partial charge in [-0.15, -0.1) is 11.3 Å². The Balaban J connectivity index is 1.34. The number of hydrogen-bond acceptors (Lipinski definition) is 4. The molecule has 1 N–H and O–H groups in total. The molecule has 162 valence electrons. The first-order valence-corrected chi connectivity index (χ1v) is 11.0. The van der Waals surface area contributed by atoms with E-state index < -0.39 is 17.5 Å². The fraction of sp³-hybridized carbons (Fsp3) is 0.238. The molecule has 0 aliphatic carbocycles. The average Bonchev–Trinajstić information content (AvgIpc) is 3.05. The van der Waals surface area contributed by atoms with Crippen molar-refractivity contribution in [3.05, 3.63) is 63.0 Å². The number of halogens is 4. The van der Waals surface area contributed by atoms with Crippen molar-refractivity contribution >= 4 is 62.1 Å². The summed E-state index contributed by atoms with van der Waals surface area (Å²) in [5.74, 6) is -2.10. The maximum Gasteiger partial charge on any atom is 0.265 e. The highest BCUT2D eigenvalue weighted by Gasteiger charge is 2.27. The van der Waals surface area contributed by atoms with E-state index in [1.807, 2.05) is 4.90 Å². The van der Waals surface area contributed by atoms with Gasteiger partial charge < -0.3 is 10.2 Å². The summed E-state index contributed by atoms with van der Waals surface area (Å²) in [7, 11) is 0. The molecule has 4 rings (SSSR count). The fourth-order valence-electron chi connectivity index (χ4n) is 3.41. The lowest BCUT2D eigenvalue weighted by Crippen LogP contribution is -2.50. The number of nitrogens with one attached hydrogen (secondary N) is 1. The van der Waals surface area contributed by atoms with Gasteiger partial charge in [-0.2, -0.15) is 0 Å². The second kappa shape index (κ2) is 9.08. The van der Waals surface area contributed by atoms with Crippen molar-refractivity contribution < 1.29 is 18.4 Å². The molecule has 0 atom stereocenters. The Morgan fingerprint density at radius 1 is 1.03 bits per heavy atom. The number of anilines is 1. The molecule has 1 aliphatic heterocycles. The maximum absolute atomic E-state index is 13.7. The lowest BCUT2D eigenvalue weighted by atomic mass is 10.2. The third kappa shape index (κ3) is 4.82. The zero-order valence-corrected chi connectivity index (χ0v) is 18.5. The molecule has 3 aromatic rings. The van der Waals surface area contributed by atoms with Crippen LogP contribution in [0.25, 0.3) is 10.1 Å². The van der Waals surface area contributed by atoms with E-state index in [0.29, 0.717) is 47.2 Å². The van der Waals surface area contributed by atoms with E-state index in [2.05, 4.69) is 5.32 Å². The normalized spacial score (nSPS) is 14.8. The quantitative estimate of drug-likeness (QED) is 0.575. The summed E-state index contributed by atoms with van der Waals surface area (Å²) in [4.78, 5) is 29.2. The fourth-order valence-corrected chi connectivity index (χ4v) is 5.17. The topological polar surface area (TPSA) is 52.7 Å². The predicted molar refractivity (Wildman–Crippen MR) is 119 cm³/mol. The standard InChI is InChI=1S/C21H17Cl2F2N3O2S/c22-12-1-3-14-17(9-12)31-20(19(14)23)21(30)28-7-5-27(6-8-28)11-18(29)26-16-4-2-13(24)10-15(16)25/h1-4,9-10H,5-8,11H2,(H,26,29). The summed E-state index contributed by atoms with van der Waals surface area (Å²) in [6, 6.07) is 8.29. The largest absolute Gasteiger partial charge is 0.335 e. The van der Waals surface area contributed by atoms with Crippen LogP contribution in [0.3, 0.4) is 0 Å². The number of carbonyl (C=O) groups excluding carboxylic acids is 2. The van der Waals surface area contributed by atoms with Crippen molar-refractivity contribution in [2.45, 2.75) is 0 Å². The van der Waals surface area contributed by atoms with Crippen LogP contribution in [0, 0.1) is 11.6 Å². The van der Waals surface area contributed by atoms with Gasteiger partial charge in [-0.1, -0.05) is 29.3 Å². The summed E-state index contributed by atoms with van der Waals surface area (Å²) in [6.07, 6.45) is 0. The minimum absolute atomic E-state index is 0.0426. The Labute approximate surface area is 191 Å². The van der Waals surface area contributed by atoms with Gasteiger partial charge in [0, 0.05) is 47.4 Å². The first-order chi connectivity index (χ1) is 14.8. The SMILES string of the molecule is O=C(CN1CCN(C(=O)c2sc3cc(Cl)ccc3c2Cl)CC1)Nc1ccc(F)cc1F. The van der Waals surface area contributed by atoms with Gasteiger partial charge in [-0.3, -0.25) is 14.5 Å². The number of rotatable bonds is 4. The van der Waals surface area contributed by atoms with E-state index >= 15 is 0 Å². The number of amides is 2. The third-order valence-electron chi connectivity index (χ3n) is 5.02. The van der Waals surface area contributed by atoms with Gasteiger partial charge in [0.15, 0.2) is 0 Å². The van der Waals surface area contributed by atoms with E-state index in [1.165, 1.54) is 17.4 Å². The molecule has 2 amide bonds. The molecule has 1 saturated heterocycles. The smallest absolute Gasteiger partial charge is 0.265 e. The molecule has 0 unspecified atom stereocenters. The van der Waals surface area contributed by atoms with Gasteiger partial charge >= 0.3 is 0 Å². The lowest BCUT2D eigenvalue weighted by molar-refractivity contribution is -0.117. The van der Waals surface area contributed by atoms with Crippen LogP contribution in [0.5, 0.6) is 0 Å². The van der Waals surface area contributed by atoms with Crippen molar-refractivity contribution in [1.82, 2.24) is 9.80 Å². The number of carbonyl (C=O) groups is 2. The predicted octanol–water partition coefficient (Wildman–Crippen LogP) is 4.88. The van der Waals surface area contributed by atoms with Crippen molar-refractivity contribution in [2.24, 2.45) is 0 Å². The van der Waals surface area contributed by atoms with Crippen molar-refractivity contribution in [1.29, 1.82) is 0 Å². The molecule has 31 heavy (non-hydrogen) atoms. The Bertz CT molecular complexity index is 1160. The number of piperazine rings is 1. The summed E-state index contributed by atoms with van der Waals surface area (Å²) >= 11 is 13.8. The molecule has 1 aromatic heterocycles. The first kappa shape index (κ1) is 22.0. The molecule has 2 heterocycles. The highest BCUT2D eigenvalue weighted by Crippen LogP contribution is 2.37. The number of benzene rings is 2. The molecule has 0 radical (unpaired) electrons. The van der Waals surface area contributed by atoms with Crippen LogP contribution in [0.2, 0.25) is 10.0 Å². The van der Waals surface area contributed by atoms with Crippen LogP contribution in [0.4, 0.5) is 14.5 Å². The van der Waals surface area contributed by atoms with Crippen LogP contribution in [-0.2, 0) is 4.79 Å². The van der Waals surface area contributed by atoms with Crippen molar-refractivity contribution in [3.8, 4) is 0 Å². The lowest BCUT2D eigenvalue weighted by Gasteiger charge is -2.34. The summed E-state index contributed by atoms with van der Waals surface area (Å²) in [5.41, 5.74) is -0.0697. The maximum atomic E-state index is 13.7.